The van der Waals surface area contributed by atoms with Gasteiger partial charge >= 0.3 is 5.97 Å². The normalized spacial score (nSPS) is 19.0. The topological polar surface area (TPSA) is 26.3 Å². The first-order chi connectivity index (χ1) is 14.8. The Morgan fingerprint density at radius 2 is 1.43 bits per heavy atom. The summed E-state index contributed by atoms with van der Waals surface area (Å²) in [6, 6.07) is 32.5. The van der Waals surface area contributed by atoms with Crippen LogP contribution in [0, 0.1) is 0 Å². The van der Waals surface area contributed by atoms with Gasteiger partial charge in [0, 0.05) is 0 Å². The monoisotopic (exact) mass is 414 g/mol. The molecule has 3 aromatic rings. The number of hydrogen-bond acceptors (Lipinski definition) is 2. The lowest BCUT2D eigenvalue weighted by atomic mass is 9.82. The van der Waals surface area contributed by atoms with Crippen LogP contribution in [-0.4, -0.2) is 18.7 Å². The van der Waals surface area contributed by atoms with Crippen LogP contribution < -0.4 is 5.30 Å². The molecule has 0 N–H and O–H groups in total. The van der Waals surface area contributed by atoms with Crippen LogP contribution in [0.25, 0.3) is 0 Å². The first-order valence-electron chi connectivity index (χ1n) is 10.6. The van der Waals surface area contributed by atoms with Crippen LogP contribution in [-0.2, 0) is 14.7 Å². The number of benzene rings is 3. The van der Waals surface area contributed by atoms with Gasteiger partial charge in [0.2, 0.25) is 0 Å². The average Bonchev–Trinajstić information content (AvgIpc) is 3.20. The van der Waals surface area contributed by atoms with E-state index in [1.807, 2.05) is 6.92 Å². The highest BCUT2D eigenvalue weighted by atomic mass is 31.1. The molecule has 2 nitrogen and oxygen atoms in total. The number of ether oxygens (including phenoxy) is 1. The molecule has 1 aliphatic heterocycles. The van der Waals surface area contributed by atoms with Gasteiger partial charge in [0.1, 0.15) is 0 Å². The molecular weight excluding hydrogens is 387 g/mol. The molecule has 1 atom stereocenters. The molecule has 152 valence electrons. The molecule has 0 saturated carbocycles. The minimum Gasteiger partial charge on any atom is -0.466 e. The molecule has 1 fully saturated rings. The standard InChI is InChI=1S/C27H27O2P/c1-2-29-26(28)19-18-24-20-21-30(25-16-10-5-11-17-25)27(24,22-12-6-3-7-13-22)23-14-8-4-9-15-23/h3-18H,2,19-21H2,1H3. The van der Waals surface area contributed by atoms with Crippen molar-refractivity contribution in [3.05, 3.63) is 114 Å². The Morgan fingerprint density at radius 3 is 1.97 bits per heavy atom. The minimum absolute atomic E-state index is 0.157. The summed E-state index contributed by atoms with van der Waals surface area (Å²) in [5.41, 5.74) is 3.94. The zero-order chi connectivity index (χ0) is 20.8. The van der Waals surface area contributed by atoms with Gasteiger partial charge in [0.05, 0.1) is 18.2 Å². The fourth-order valence-corrected chi connectivity index (χ4v) is 8.02. The molecule has 0 aliphatic carbocycles. The van der Waals surface area contributed by atoms with E-state index in [1.165, 1.54) is 22.0 Å². The third-order valence-corrected chi connectivity index (χ3v) is 8.95. The molecule has 30 heavy (non-hydrogen) atoms. The van der Waals surface area contributed by atoms with Crippen LogP contribution in [0.4, 0.5) is 0 Å². The molecule has 0 bridgehead atoms. The summed E-state index contributed by atoms with van der Waals surface area (Å²) in [5, 5.41) is 1.17. The van der Waals surface area contributed by atoms with E-state index in [2.05, 4.69) is 97.1 Å². The number of rotatable bonds is 6. The summed E-state index contributed by atoms with van der Waals surface area (Å²) >= 11 is 0. The smallest absolute Gasteiger partial charge is 0.309 e. The fourth-order valence-electron chi connectivity index (χ4n) is 4.57. The number of carbonyl (C=O) groups is 1. The molecule has 0 amide bonds. The Hall–Kier alpha value is -2.70. The molecule has 0 radical (unpaired) electrons. The number of esters is 1. The van der Waals surface area contributed by atoms with Gasteiger partial charge in [-0.3, -0.25) is 4.79 Å². The fraction of sp³-hybridized carbons (Fsp3) is 0.222. The van der Waals surface area contributed by atoms with Gasteiger partial charge in [-0.15, -0.1) is 0 Å². The highest BCUT2D eigenvalue weighted by molar-refractivity contribution is 7.67. The largest absolute Gasteiger partial charge is 0.466 e. The molecular formula is C27H27O2P. The average molecular weight is 414 g/mol. The molecule has 0 spiro atoms. The summed E-state index contributed by atoms with van der Waals surface area (Å²) in [7, 11) is -0.539. The van der Waals surface area contributed by atoms with Gasteiger partial charge in [-0.1, -0.05) is 111 Å². The Bertz CT molecular complexity index is 957. The lowest BCUT2D eigenvalue weighted by Gasteiger charge is -2.39. The summed E-state index contributed by atoms with van der Waals surface area (Å²) in [5.74, 6) is -0.157. The zero-order valence-electron chi connectivity index (χ0n) is 17.3. The van der Waals surface area contributed by atoms with Crippen LogP contribution >= 0.6 is 7.92 Å². The molecule has 3 heteroatoms. The van der Waals surface area contributed by atoms with Crippen molar-refractivity contribution in [1.82, 2.24) is 0 Å². The first-order valence-corrected chi connectivity index (χ1v) is 12.1. The van der Waals surface area contributed by atoms with Crippen LogP contribution in [0.2, 0.25) is 0 Å². The molecule has 1 saturated heterocycles. The van der Waals surface area contributed by atoms with Gasteiger partial charge in [0.25, 0.3) is 0 Å². The van der Waals surface area contributed by atoms with Gasteiger partial charge in [0.15, 0.2) is 0 Å². The van der Waals surface area contributed by atoms with E-state index in [0.29, 0.717) is 13.0 Å². The van der Waals surface area contributed by atoms with E-state index in [1.54, 1.807) is 0 Å². The van der Waals surface area contributed by atoms with Crippen molar-refractivity contribution in [3.8, 4) is 0 Å². The SMILES string of the molecule is CCOC(=O)CC=C1CCP(c2ccccc2)C1(c1ccccc1)c1ccccc1. The van der Waals surface area contributed by atoms with Gasteiger partial charge in [-0.2, -0.15) is 0 Å². The Labute approximate surface area is 180 Å². The van der Waals surface area contributed by atoms with E-state index < -0.39 is 7.92 Å². The van der Waals surface area contributed by atoms with Crippen LogP contribution in [0.5, 0.6) is 0 Å². The molecule has 1 heterocycles. The second-order valence-corrected chi connectivity index (χ2v) is 9.91. The number of hydrogen-bond donors (Lipinski definition) is 0. The number of carbonyl (C=O) groups excluding carboxylic acids is 1. The van der Waals surface area contributed by atoms with Crippen molar-refractivity contribution < 1.29 is 9.53 Å². The molecule has 1 unspecified atom stereocenters. The maximum absolute atomic E-state index is 12.2. The van der Waals surface area contributed by atoms with E-state index in [-0.39, 0.29) is 11.1 Å². The van der Waals surface area contributed by atoms with Gasteiger partial charge < -0.3 is 4.74 Å². The van der Waals surface area contributed by atoms with E-state index >= 15 is 0 Å². The van der Waals surface area contributed by atoms with Crippen LogP contribution in [0.15, 0.2) is 103 Å². The van der Waals surface area contributed by atoms with Crippen LogP contribution in [0.1, 0.15) is 30.9 Å². The van der Waals surface area contributed by atoms with Crippen LogP contribution in [0.3, 0.4) is 0 Å². The van der Waals surface area contributed by atoms with Crippen molar-refractivity contribution >= 4 is 19.2 Å². The lowest BCUT2D eigenvalue weighted by Crippen LogP contribution is -2.28. The summed E-state index contributed by atoms with van der Waals surface area (Å²) < 4.78 is 5.21. The van der Waals surface area contributed by atoms with E-state index in [0.717, 1.165) is 12.6 Å². The predicted octanol–water partition coefficient (Wildman–Crippen LogP) is 6.02. The summed E-state index contributed by atoms with van der Waals surface area (Å²) in [4.78, 5) is 12.2. The second-order valence-electron chi connectivity index (χ2n) is 7.42. The van der Waals surface area contributed by atoms with E-state index in [9.17, 15) is 4.79 Å². The van der Waals surface area contributed by atoms with E-state index in [4.69, 9.17) is 4.74 Å². The third kappa shape index (κ3) is 3.85. The molecule has 0 aromatic heterocycles. The lowest BCUT2D eigenvalue weighted by molar-refractivity contribution is -0.142. The van der Waals surface area contributed by atoms with Gasteiger partial charge in [-0.05, 0) is 35.9 Å². The summed E-state index contributed by atoms with van der Waals surface area (Å²) in [6.07, 6.45) is 4.56. The van der Waals surface area contributed by atoms with Crippen molar-refractivity contribution in [3.63, 3.8) is 0 Å². The molecule has 3 aromatic carbocycles. The van der Waals surface area contributed by atoms with Crippen molar-refractivity contribution in [2.45, 2.75) is 24.9 Å². The van der Waals surface area contributed by atoms with Gasteiger partial charge in [-0.25, -0.2) is 0 Å². The third-order valence-electron chi connectivity index (χ3n) is 5.75. The highest BCUT2D eigenvalue weighted by Crippen LogP contribution is 2.68. The molecule has 4 rings (SSSR count). The van der Waals surface area contributed by atoms with Crippen molar-refractivity contribution in [1.29, 1.82) is 0 Å². The Balaban J connectivity index is 1.93. The molecule has 1 aliphatic rings. The highest BCUT2D eigenvalue weighted by Gasteiger charge is 2.49. The quantitative estimate of drug-likeness (QED) is 0.280. The first kappa shape index (κ1) is 20.6. The minimum atomic E-state index is -0.539. The number of allylic oxidation sites excluding steroid dienone is 1. The second kappa shape index (κ2) is 9.41. The summed E-state index contributed by atoms with van der Waals surface area (Å²) in [6.45, 7) is 2.27. The van der Waals surface area contributed by atoms with Crippen molar-refractivity contribution in [2.24, 2.45) is 0 Å². The van der Waals surface area contributed by atoms with Crippen molar-refractivity contribution in [2.75, 3.05) is 12.8 Å². The predicted molar refractivity (Wildman–Crippen MR) is 125 cm³/mol. The Morgan fingerprint density at radius 1 is 0.900 bits per heavy atom. The Kier molecular flexibility index (Phi) is 6.45. The maximum Gasteiger partial charge on any atom is 0.309 e. The maximum atomic E-state index is 12.2. The zero-order valence-corrected chi connectivity index (χ0v) is 18.2.